The molecule has 3 N–H and O–H groups in total. The maximum absolute atomic E-state index is 12.1. The van der Waals surface area contributed by atoms with Gasteiger partial charge in [0.25, 0.3) is 5.91 Å². The van der Waals surface area contributed by atoms with Crippen molar-refractivity contribution in [3.8, 4) is 0 Å². The second kappa shape index (κ2) is 8.27. The lowest BCUT2D eigenvalue weighted by Gasteiger charge is -2.27. The van der Waals surface area contributed by atoms with Crippen LogP contribution in [0.4, 0.5) is 0 Å². The van der Waals surface area contributed by atoms with E-state index in [2.05, 4.69) is 20.3 Å². The largest absolute Gasteiger partial charge is 0.352 e. The predicted molar refractivity (Wildman–Crippen MR) is 96.0 cm³/mol. The van der Waals surface area contributed by atoms with Crippen molar-refractivity contribution in [1.29, 1.82) is 0 Å². The van der Waals surface area contributed by atoms with Gasteiger partial charge in [0.2, 0.25) is 10.0 Å². The van der Waals surface area contributed by atoms with E-state index in [0.29, 0.717) is 12.1 Å². The number of benzene rings is 1. The van der Waals surface area contributed by atoms with E-state index in [4.69, 9.17) is 0 Å². The number of amides is 1. The number of piperazine rings is 1. The van der Waals surface area contributed by atoms with Gasteiger partial charge in [-0.3, -0.25) is 4.79 Å². The van der Waals surface area contributed by atoms with Gasteiger partial charge in [-0.05, 0) is 50.1 Å². The van der Waals surface area contributed by atoms with Crippen LogP contribution in [0, 0.1) is 0 Å². The molecule has 2 fully saturated rings. The molecule has 0 bridgehead atoms. The molecular formula is C17H26N4O3S. The topological polar surface area (TPSA) is 90.5 Å². The van der Waals surface area contributed by atoms with E-state index in [-0.39, 0.29) is 16.8 Å². The Kier molecular flexibility index (Phi) is 6.06. The molecule has 1 aliphatic carbocycles. The lowest BCUT2D eigenvalue weighted by atomic mass is 10.2. The average molecular weight is 366 g/mol. The Morgan fingerprint density at radius 3 is 2.48 bits per heavy atom. The van der Waals surface area contributed by atoms with Crippen molar-refractivity contribution in [3.05, 3.63) is 29.8 Å². The molecule has 1 saturated carbocycles. The van der Waals surface area contributed by atoms with Gasteiger partial charge in [-0.25, -0.2) is 13.1 Å². The van der Waals surface area contributed by atoms with E-state index >= 15 is 0 Å². The minimum atomic E-state index is -3.47. The molecule has 0 radical (unpaired) electrons. The highest BCUT2D eigenvalue weighted by molar-refractivity contribution is 7.89. The quantitative estimate of drug-likeness (QED) is 0.570. The highest BCUT2D eigenvalue weighted by Crippen LogP contribution is 2.22. The summed E-state index contributed by atoms with van der Waals surface area (Å²) in [5.74, 6) is -0.167. The van der Waals surface area contributed by atoms with Crippen molar-refractivity contribution < 1.29 is 13.2 Å². The fourth-order valence-electron chi connectivity index (χ4n) is 2.82. The number of hydrogen-bond acceptors (Lipinski definition) is 5. The van der Waals surface area contributed by atoms with Crippen LogP contribution in [0.3, 0.4) is 0 Å². The van der Waals surface area contributed by atoms with Crippen molar-refractivity contribution >= 4 is 15.9 Å². The SMILES string of the molecule is O=C(NCCCN1CCNCC1)c1ccc(S(=O)(=O)NC2CC2)cc1. The number of hydrogen-bond donors (Lipinski definition) is 3. The Balaban J connectivity index is 1.44. The van der Waals surface area contributed by atoms with E-state index in [9.17, 15) is 13.2 Å². The van der Waals surface area contributed by atoms with Crippen LogP contribution in [0.2, 0.25) is 0 Å². The molecule has 7 nitrogen and oxygen atoms in total. The normalized spacial score (nSPS) is 18.9. The molecular weight excluding hydrogens is 340 g/mol. The molecule has 2 aliphatic rings. The highest BCUT2D eigenvalue weighted by atomic mass is 32.2. The summed E-state index contributed by atoms with van der Waals surface area (Å²) >= 11 is 0. The average Bonchev–Trinajstić information content (AvgIpc) is 3.43. The second-order valence-corrected chi connectivity index (χ2v) is 8.34. The van der Waals surface area contributed by atoms with Crippen molar-refractivity contribution in [3.63, 3.8) is 0 Å². The Hall–Kier alpha value is -1.48. The number of nitrogens with zero attached hydrogens (tertiary/aromatic N) is 1. The number of nitrogens with one attached hydrogen (secondary N) is 3. The molecule has 0 aromatic heterocycles. The third-order valence-electron chi connectivity index (χ3n) is 4.47. The van der Waals surface area contributed by atoms with E-state index in [1.54, 1.807) is 12.1 Å². The minimum absolute atomic E-state index is 0.0728. The van der Waals surface area contributed by atoms with Crippen LogP contribution in [-0.4, -0.2) is 64.5 Å². The van der Waals surface area contributed by atoms with Crippen molar-refractivity contribution in [1.82, 2.24) is 20.3 Å². The van der Waals surface area contributed by atoms with Gasteiger partial charge in [0.05, 0.1) is 4.90 Å². The summed E-state index contributed by atoms with van der Waals surface area (Å²) in [5.41, 5.74) is 0.479. The van der Waals surface area contributed by atoms with E-state index in [1.165, 1.54) is 12.1 Å². The number of carbonyl (C=O) groups is 1. The van der Waals surface area contributed by atoms with Gasteiger partial charge < -0.3 is 15.5 Å². The van der Waals surface area contributed by atoms with E-state index in [0.717, 1.165) is 52.0 Å². The first-order valence-electron chi connectivity index (χ1n) is 8.88. The molecule has 0 spiro atoms. The van der Waals surface area contributed by atoms with Crippen molar-refractivity contribution in [2.45, 2.75) is 30.2 Å². The molecule has 138 valence electrons. The Morgan fingerprint density at radius 2 is 1.84 bits per heavy atom. The van der Waals surface area contributed by atoms with Crippen LogP contribution in [0.5, 0.6) is 0 Å². The lowest BCUT2D eigenvalue weighted by Crippen LogP contribution is -2.44. The van der Waals surface area contributed by atoms with Gasteiger partial charge in [0.15, 0.2) is 0 Å². The highest BCUT2D eigenvalue weighted by Gasteiger charge is 2.27. The maximum atomic E-state index is 12.1. The number of rotatable bonds is 8. The van der Waals surface area contributed by atoms with Crippen LogP contribution in [0.25, 0.3) is 0 Å². The summed E-state index contributed by atoms with van der Waals surface area (Å²) in [6.45, 7) is 5.75. The first kappa shape index (κ1) is 18.3. The van der Waals surface area contributed by atoms with Gasteiger partial charge >= 0.3 is 0 Å². The lowest BCUT2D eigenvalue weighted by molar-refractivity contribution is 0.0951. The number of sulfonamides is 1. The maximum Gasteiger partial charge on any atom is 0.251 e. The van der Waals surface area contributed by atoms with Gasteiger partial charge in [-0.2, -0.15) is 0 Å². The summed E-state index contributed by atoms with van der Waals surface area (Å²) in [6.07, 6.45) is 2.70. The van der Waals surface area contributed by atoms with Crippen molar-refractivity contribution in [2.75, 3.05) is 39.3 Å². The fourth-order valence-corrected chi connectivity index (χ4v) is 4.12. The first-order chi connectivity index (χ1) is 12.0. The summed E-state index contributed by atoms with van der Waals surface area (Å²) in [5, 5.41) is 6.21. The summed E-state index contributed by atoms with van der Waals surface area (Å²) in [4.78, 5) is 14.7. The molecule has 25 heavy (non-hydrogen) atoms. The molecule has 1 aliphatic heterocycles. The molecule has 1 amide bonds. The van der Waals surface area contributed by atoms with Crippen LogP contribution in [0.15, 0.2) is 29.2 Å². The summed E-state index contributed by atoms with van der Waals surface area (Å²) < 4.78 is 26.8. The smallest absolute Gasteiger partial charge is 0.251 e. The molecule has 8 heteroatoms. The molecule has 1 saturated heterocycles. The molecule has 1 aromatic rings. The second-order valence-electron chi connectivity index (χ2n) is 6.62. The third-order valence-corrected chi connectivity index (χ3v) is 6.01. The van der Waals surface area contributed by atoms with E-state index < -0.39 is 10.0 Å². The number of carbonyl (C=O) groups excluding carboxylic acids is 1. The van der Waals surface area contributed by atoms with E-state index in [1.807, 2.05) is 0 Å². The van der Waals surface area contributed by atoms with Gasteiger partial charge in [0, 0.05) is 44.3 Å². The van der Waals surface area contributed by atoms with Gasteiger partial charge in [-0.1, -0.05) is 0 Å². The molecule has 1 aromatic carbocycles. The van der Waals surface area contributed by atoms with Gasteiger partial charge in [-0.15, -0.1) is 0 Å². The first-order valence-corrected chi connectivity index (χ1v) is 10.4. The summed E-state index contributed by atoms with van der Waals surface area (Å²) in [7, 11) is -3.47. The standard InChI is InChI=1S/C17H26N4O3S/c22-17(19-8-1-11-21-12-9-18-10-13-21)14-2-6-16(7-3-14)25(23,24)20-15-4-5-15/h2-3,6-7,15,18,20H,1,4-5,8-13H2,(H,19,22). The molecule has 1 heterocycles. The van der Waals surface area contributed by atoms with Gasteiger partial charge in [0.1, 0.15) is 0 Å². The Labute approximate surface area is 149 Å². The van der Waals surface area contributed by atoms with Crippen LogP contribution >= 0.6 is 0 Å². The zero-order chi connectivity index (χ0) is 17.7. The van der Waals surface area contributed by atoms with Crippen molar-refractivity contribution in [2.24, 2.45) is 0 Å². The van der Waals surface area contributed by atoms with Crippen LogP contribution in [0.1, 0.15) is 29.6 Å². The van der Waals surface area contributed by atoms with Crippen LogP contribution < -0.4 is 15.4 Å². The molecule has 0 unspecified atom stereocenters. The zero-order valence-corrected chi connectivity index (χ0v) is 15.1. The fraction of sp³-hybridized carbons (Fsp3) is 0.588. The Morgan fingerprint density at radius 1 is 1.16 bits per heavy atom. The Bertz CT molecular complexity index is 680. The van der Waals surface area contributed by atoms with Crippen LogP contribution in [-0.2, 0) is 10.0 Å². The third kappa shape index (κ3) is 5.50. The molecule has 0 atom stereocenters. The summed E-state index contributed by atoms with van der Waals surface area (Å²) in [6, 6.07) is 6.17. The minimum Gasteiger partial charge on any atom is -0.352 e. The predicted octanol–water partition coefficient (Wildman–Crippen LogP) is 0.152. The molecule has 3 rings (SSSR count). The zero-order valence-electron chi connectivity index (χ0n) is 14.3. The monoisotopic (exact) mass is 366 g/mol.